The fraction of sp³-hybridized carbons (Fsp3) is 0.600. The maximum Gasteiger partial charge on any atom is 0.123 e. The Balaban J connectivity index is 2.84. The van der Waals surface area contributed by atoms with Crippen LogP contribution in [-0.2, 0) is 6.42 Å². The third kappa shape index (κ3) is 4.00. The molecule has 0 saturated carbocycles. The molecule has 0 amide bonds. The largest absolute Gasteiger partial charge is 0.297 e. The van der Waals surface area contributed by atoms with Crippen LogP contribution in [0.1, 0.15) is 33.3 Å². The third-order valence-corrected chi connectivity index (χ3v) is 3.99. The topological polar surface area (TPSA) is 41.3 Å². The van der Waals surface area contributed by atoms with E-state index in [-0.39, 0.29) is 17.4 Å². The average molecular weight is 267 g/mol. The molecular formula is C15H26FN3. The van der Waals surface area contributed by atoms with Crippen LogP contribution in [0.4, 0.5) is 4.39 Å². The van der Waals surface area contributed by atoms with Crippen molar-refractivity contribution >= 4 is 0 Å². The molecule has 0 radical (unpaired) electrons. The molecule has 1 aromatic rings. The van der Waals surface area contributed by atoms with Gasteiger partial charge in [0, 0.05) is 11.6 Å². The zero-order chi connectivity index (χ0) is 14.5. The summed E-state index contributed by atoms with van der Waals surface area (Å²) in [5.74, 6) is 5.53. The molecular weight excluding hydrogens is 241 g/mol. The first kappa shape index (κ1) is 16.1. The summed E-state index contributed by atoms with van der Waals surface area (Å²) in [6, 6.07) is 6.73. The van der Waals surface area contributed by atoms with Gasteiger partial charge >= 0.3 is 0 Å². The molecule has 0 spiro atoms. The number of hydrogen-bond acceptors (Lipinski definition) is 3. The highest BCUT2D eigenvalue weighted by molar-refractivity contribution is 5.18. The monoisotopic (exact) mass is 267 g/mol. The molecule has 3 N–H and O–H groups in total. The average Bonchev–Trinajstić information content (AvgIpc) is 2.38. The predicted molar refractivity (Wildman–Crippen MR) is 78.2 cm³/mol. The molecule has 19 heavy (non-hydrogen) atoms. The minimum absolute atomic E-state index is 0.0629. The van der Waals surface area contributed by atoms with Gasteiger partial charge in [-0.15, -0.1) is 0 Å². The van der Waals surface area contributed by atoms with Crippen LogP contribution in [0.25, 0.3) is 0 Å². The van der Waals surface area contributed by atoms with Gasteiger partial charge in [0.2, 0.25) is 0 Å². The quantitative estimate of drug-likeness (QED) is 0.588. The number of likely N-dealkylation sites (N-methyl/N-ethyl adjacent to an activating group) is 1. The molecule has 0 aliphatic rings. The van der Waals surface area contributed by atoms with Crippen molar-refractivity contribution in [3.05, 3.63) is 35.6 Å². The second-order valence-electron chi connectivity index (χ2n) is 5.38. The Hall–Kier alpha value is -0.970. The van der Waals surface area contributed by atoms with Crippen molar-refractivity contribution in [2.75, 3.05) is 13.1 Å². The third-order valence-electron chi connectivity index (χ3n) is 3.99. The molecule has 0 saturated heterocycles. The smallest absolute Gasteiger partial charge is 0.123 e. The number of nitrogens with zero attached hydrogens (tertiary/aromatic N) is 1. The number of nitrogens with one attached hydrogen (secondary N) is 1. The van der Waals surface area contributed by atoms with Crippen LogP contribution < -0.4 is 11.3 Å². The van der Waals surface area contributed by atoms with Crippen molar-refractivity contribution in [3.63, 3.8) is 0 Å². The number of benzene rings is 1. The highest BCUT2D eigenvalue weighted by Crippen LogP contribution is 2.21. The maximum absolute atomic E-state index is 12.9. The van der Waals surface area contributed by atoms with Crippen LogP contribution in [0.2, 0.25) is 0 Å². The summed E-state index contributed by atoms with van der Waals surface area (Å²) in [4.78, 5) is 2.38. The Morgan fingerprint density at radius 2 is 1.74 bits per heavy atom. The first-order valence-corrected chi connectivity index (χ1v) is 6.91. The van der Waals surface area contributed by atoms with E-state index >= 15 is 0 Å². The van der Waals surface area contributed by atoms with E-state index in [4.69, 9.17) is 5.84 Å². The molecule has 4 heteroatoms. The van der Waals surface area contributed by atoms with E-state index in [0.717, 1.165) is 25.1 Å². The first-order chi connectivity index (χ1) is 8.95. The lowest BCUT2D eigenvalue weighted by Gasteiger charge is -2.43. The second kappa shape index (κ2) is 6.98. The summed E-state index contributed by atoms with van der Waals surface area (Å²) in [5, 5.41) is 0. The lowest BCUT2D eigenvalue weighted by molar-refractivity contribution is 0.0912. The van der Waals surface area contributed by atoms with Gasteiger partial charge < -0.3 is 0 Å². The SMILES string of the molecule is CCN(CC)C(C)(C)C(Cc1ccc(F)cc1)NN. The minimum atomic E-state index is -0.205. The van der Waals surface area contributed by atoms with Crippen molar-refractivity contribution in [3.8, 4) is 0 Å². The van der Waals surface area contributed by atoms with Gasteiger partial charge in [-0.25, -0.2) is 4.39 Å². The van der Waals surface area contributed by atoms with Gasteiger partial charge in [-0.1, -0.05) is 26.0 Å². The molecule has 1 unspecified atom stereocenters. The fourth-order valence-electron chi connectivity index (χ4n) is 2.63. The van der Waals surface area contributed by atoms with Gasteiger partial charge in [-0.05, 0) is 51.1 Å². The number of halogens is 1. The van der Waals surface area contributed by atoms with E-state index in [9.17, 15) is 4.39 Å². The Morgan fingerprint density at radius 3 is 2.16 bits per heavy atom. The molecule has 0 heterocycles. The molecule has 1 atom stereocenters. The van der Waals surface area contributed by atoms with Crippen LogP contribution in [-0.4, -0.2) is 29.6 Å². The standard InChI is InChI=1S/C15H26FN3/c1-5-19(6-2)15(3,4)14(18-17)11-12-7-9-13(16)10-8-12/h7-10,14,18H,5-6,11,17H2,1-4H3. The number of hydrogen-bond donors (Lipinski definition) is 2. The summed E-state index contributed by atoms with van der Waals surface area (Å²) < 4.78 is 12.9. The fourth-order valence-corrected chi connectivity index (χ4v) is 2.63. The van der Waals surface area contributed by atoms with Gasteiger partial charge in [0.05, 0.1) is 0 Å². The molecule has 108 valence electrons. The van der Waals surface area contributed by atoms with Gasteiger partial charge in [0.1, 0.15) is 5.82 Å². The highest BCUT2D eigenvalue weighted by Gasteiger charge is 2.33. The summed E-state index contributed by atoms with van der Waals surface area (Å²) in [6.07, 6.45) is 0.778. The van der Waals surface area contributed by atoms with Crippen molar-refractivity contribution in [2.24, 2.45) is 5.84 Å². The Bertz CT molecular complexity index is 371. The van der Waals surface area contributed by atoms with Gasteiger partial charge in [0.15, 0.2) is 0 Å². The highest BCUT2D eigenvalue weighted by atomic mass is 19.1. The van der Waals surface area contributed by atoms with Gasteiger partial charge in [0.25, 0.3) is 0 Å². The van der Waals surface area contributed by atoms with E-state index in [0.29, 0.717) is 0 Å². The number of nitrogens with two attached hydrogens (primary N) is 1. The van der Waals surface area contributed by atoms with Crippen molar-refractivity contribution in [1.29, 1.82) is 0 Å². The van der Waals surface area contributed by atoms with Crippen molar-refractivity contribution in [2.45, 2.75) is 45.7 Å². The predicted octanol–water partition coefficient (Wildman–Crippen LogP) is 2.32. The second-order valence-corrected chi connectivity index (χ2v) is 5.38. The summed E-state index contributed by atoms with van der Waals surface area (Å²) >= 11 is 0. The lowest BCUT2D eigenvalue weighted by Crippen LogP contribution is -2.60. The summed E-state index contributed by atoms with van der Waals surface area (Å²) in [6.45, 7) is 10.6. The zero-order valence-electron chi connectivity index (χ0n) is 12.4. The molecule has 0 fully saturated rings. The zero-order valence-corrected chi connectivity index (χ0v) is 12.4. The van der Waals surface area contributed by atoms with Gasteiger partial charge in [-0.3, -0.25) is 16.2 Å². The van der Waals surface area contributed by atoms with Crippen LogP contribution >= 0.6 is 0 Å². The Morgan fingerprint density at radius 1 is 1.21 bits per heavy atom. The van der Waals surface area contributed by atoms with Crippen molar-refractivity contribution < 1.29 is 4.39 Å². The molecule has 0 aliphatic carbocycles. The lowest BCUT2D eigenvalue weighted by atomic mass is 9.88. The molecule has 0 bridgehead atoms. The molecule has 0 aromatic heterocycles. The molecule has 1 rings (SSSR count). The Labute approximate surface area is 116 Å². The van der Waals surface area contributed by atoms with E-state index in [1.54, 1.807) is 0 Å². The van der Waals surface area contributed by atoms with Crippen LogP contribution in [0.3, 0.4) is 0 Å². The van der Waals surface area contributed by atoms with E-state index in [2.05, 4.69) is 38.0 Å². The molecule has 1 aromatic carbocycles. The number of hydrazine groups is 1. The van der Waals surface area contributed by atoms with E-state index in [1.807, 2.05) is 12.1 Å². The first-order valence-electron chi connectivity index (χ1n) is 6.91. The normalized spacial score (nSPS) is 13.8. The van der Waals surface area contributed by atoms with Crippen molar-refractivity contribution in [1.82, 2.24) is 10.3 Å². The maximum atomic E-state index is 12.9. The Kier molecular flexibility index (Phi) is 5.91. The van der Waals surface area contributed by atoms with E-state index in [1.165, 1.54) is 12.1 Å². The number of rotatable bonds is 7. The molecule has 0 aliphatic heterocycles. The van der Waals surface area contributed by atoms with Crippen LogP contribution in [0.5, 0.6) is 0 Å². The summed E-state index contributed by atoms with van der Waals surface area (Å²) in [5.41, 5.74) is 3.94. The van der Waals surface area contributed by atoms with Crippen LogP contribution in [0, 0.1) is 5.82 Å². The van der Waals surface area contributed by atoms with Gasteiger partial charge in [-0.2, -0.15) is 0 Å². The van der Waals surface area contributed by atoms with E-state index < -0.39 is 0 Å². The molecule has 3 nitrogen and oxygen atoms in total. The summed E-state index contributed by atoms with van der Waals surface area (Å²) in [7, 11) is 0. The minimum Gasteiger partial charge on any atom is -0.297 e. The van der Waals surface area contributed by atoms with Crippen LogP contribution in [0.15, 0.2) is 24.3 Å².